The minimum absolute atomic E-state index is 0.128. The van der Waals surface area contributed by atoms with E-state index in [2.05, 4.69) is 11.8 Å². The molecule has 0 aromatic heterocycles. The number of rotatable bonds is 4. The van der Waals surface area contributed by atoms with Crippen LogP contribution in [0.25, 0.3) is 0 Å². The lowest BCUT2D eigenvalue weighted by Crippen LogP contribution is -2.25. The molecule has 0 radical (unpaired) electrons. The van der Waals surface area contributed by atoms with Crippen LogP contribution >= 0.6 is 11.6 Å². The minimum atomic E-state index is 0.128. The molecule has 17 heavy (non-hydrogen) atoms. The van der Waals surface area contributed by atoms with Crippen molar-refractivity contribution in [3.63, 3.8) is 0 Å². The van der Waals surface area contributed by atoms with Crippen molar-refractivity contribution < 1.29 is 0 Å². The number of hydrogen-bond acceptors (Lipinski definition) is 2. The maximum absolute atomic E-state index is 6.19. The Hall–Kier alpha value is -0.570. The van der Waals surface area contributed by atoms with E-state index in [1.807, 2.05) is 24.3 Å². The average molecular weight is 253 g/mol. The third-order valence-electron chi connectivity index (χ3n) is 3.56. The number of nitrogens with zero attached hydrogens (tertiary/aromatic N) is 1. The van der Waals surface area contributed by atoms with Crippen LogP contribution in [0, 0.1) is 5.92 Å². The smallest absolute Gasteiger partial charge is 0.0406 e. The molecule has 0 bridgehead atoms. The van der Waals surface area contributed by atoms with Gasteiger partial charge in [0.05, 0.1) is 0 Å². The molecule has 3 heteroatoms. The summed E-state index contributed by atoms with van der Waals surface area (Å²) in [6.45, 7) is 5.88. The summed E-state index contributed by atoms with van der Waals surface area (Å²) >= 11 is 5.86. The Morgan fingerprint density at radius 3 is 2.71 bits per heavy atom. The predicted octanol–water partition coefficient (Wildman–Crippen LogP) is 3.07. The first-order valence-corrected chi connectivity index (χ1v) is 6.76. The van der Waals surface area contributed by atoms with Crippen molar-refractivity contribution in [3.8, 4) is 0 Å². The number of benzene rings is 1. The first-order valence-electron chi connectivity index (χ1n) is 6.38. The first kappa shape index (κ1) is 12.9. The van der Waals surface area contributed by atoms with Crippen molar-refractivity contribution in [1.82, 2.24) is 4.90 Å². The van der Waals surface area contributed by atoms with E-state index in [4.69, 9.17) is 17.3 Å². The van der Waals surface area contributed by atoms with Crippen molar-refractivity contribution in [2.75, 3.05) is 19.6 Å². The van der Waals surface area contributed by atoms with Crippen molar-refractivity contribution >= 4 is 11.6 Å². The molecule has 1 fully saturated rings. The van der Waals surface area contributed by atoms with Gasteiger partial charge in [0.25, 0.3) is 0 Å². The second-order valence-electron chi connectivity index (χ2n) is 5.14. The molecule has 2 unspecified atom stereocenters. The van der Waals surface area contributed by atoms with Crippen LogP contribution in [0.3, 0.4) is 0 Å². The second kappa shape index (κ2) is 5.85. The Morgan fingerprint density at radius 1 is 1.41 bits per heavy atom. The van der Waals surface area contributed by atoms with E-state index in [0.29, 0.717) is 0 Å². The van der Waals surface area contributed by atoms with Crippen molar-refractivity contribution in [2.24, 2.45) is 11.7 Å². The van der Waals surface area contributed by atoms with E-state index >= 15 is 0 Å². The molecule has 1 aliphatic heterocycles. The maximum Gasteiger partial charge on any atom is 0.0406 e. The molecular formula is C14H21ClN2. The molecule has 94 valence electrons. The van der Waals surface area contributed by atoms with Gasteiger partial charge in [0.15, 0.2) is 0 Å². The van der Waals surface area contributed by atoms with Crippen LogP contribution in [0.1, 0.15) is 31.4 Å². The molecule has 2 nitrogen and oxygen atoms in total. The molecule has 0 spiro atoms. The average Bonchev–Trinajstić information content (AvgIpc) is 2.73. The zero-order chi connectivity index (χ0) is 12.3. The van der Waals surface area contributed by atoms with E-state index in [-0.39, 0.29) is 6.04 Å². The van der Waals surface area contributed by atoms with Crippen LogP contribution < -0.4 is 5.73 Å². The molecule has 2 rings (SSSR count). The third kappa shape index (κ3) is 3.70. The van der Waals surface area contributed by atoms with Crippen LogP contribution in [-0.4, -0.2) is 24.5 Å². The van der Waals surface area contributed by atoms with Gasteiger partial charge in [0.1, 0.15) is 0 Å². The lowest BCUT2D eigenvalue weighted by Gasteiger charge is -2.18. The summed E-state index contributed by atoms with van der Waals surface area (Å²) in [5.41, 5.74) is 7.37. The molecule has 0 saturated carbocycles. The van der Waals surface area contributed by atoms with Crippen LogP contribution in [0.4, 0.5) is 0 Å². The largest absolute Gasteiger partial charge is 0.324 e. The van der Waals surface area contributed by atoms with Gasteiger partial charge < -0.3 is 10.6 Å². The monoisotopic (exact) mass is 252 g/mol. The number of hydrogen-bond donors (Lipinski definition) is 1. The molecule has 0 amide bonds. The fraction of sp³-hybridized carbons (Fsp3) is 0.571. The van der Waals surface area contributed by atoms with E-state index in [9.17, 15) is 0 Å². The van der Waals surface area contributed by atoms with Crippen LogP contribution in [-0.2, 0) is 0 Å². The normalized spacial score (nSPS) is 22.9. The highest BCUT2D eigenvalue weighted by Crippen LogP contribution is 2.20. The summed E-state index contributed by atoms with van der Waals surface area (Å²) in [4.78, 5) is 2.51. The zero-order valence-electron chi connectivity index (χ0n) is 10.4. The Bertz CT molecular complexity index is 350. The minimum Gasteiger partial charge on any atom is -0.324 e. The van der Waals surface area contributed by atoms with E-state index in [1.54, 1.807) is 0 Å². The van der Waals surface area contributed by atoms with Gasteiger partial charge in [-0.15, -0.1) is 0 Å². The molecule has 1 aromatic rings. The van der Waals surface area contributed by atoms with Crippen LogP contribution in [0.2, 0.25) is 5.02 Å². The van der Waals surface area contributed by atoms with E-state index in [1.165, 1.54) is 25.1 Å². The van der Waals surface area contributed by atoms with Gasteiger partial charge in [0, 0.05) is 17.6 Å². The SMILES string of the molecule is CC1CCN(CCC(N)c2ccc(Cl)cc2)C1. The Balaban J connectivity index is 1.81. The van der Waals surface area contributed by atoms with Gasteiger partial charge in [-0.25, -0.2) is 0 Å². The lowest BCUT2D eigenvalue weighted by molar-refractivity contribution is 0.313. The van der Waals surface area contributed by atoms with Crippen molar-refractivity contribution in [2.45, 2.75) is 25.8 Å². The van der Waals surface area contributed by atoms with Gasteiger partial charge in [-0.1, -0.05) is 30.7 Å². The fourth-order valence-electron chi connectivity index (χ4n) is 2.43. The lowest BCUT2D eigenvalue weighted by atomic mass is 10.0. The van der Waals surface area contributed by atoms with Gasteiger partial charge in [-0.05, 0) is 49.5 Å². The highest BCUT2D eigenvalue weighted by Gasteiger charge is 2.18. The summed E-state index contributed by atoms with van der Waals surface area (Å²) in [7, 11) is 0. The zero-order valence-corrected chi connectivity index (χ0v) is 11.2. The number of halogens is 1. The fourth-order valence-corrected chi connectivity index (χ4v) is 2.55. The molecule has 1 saturated heterocycles. The summed E-state index contributed by atoms with van der Waals surface area (Å²) < 4.78 is 0. The molecule has 2 atom stereocenters. The summed E-state index contributed by atoms with van der Waals surface area (Å²) in [5.74, 6) is 0.849. The number of nitrogens with two attached hydrogens (primary N) is 1. The van der Waals surface area contributed by atoms with Crippen molar-refractivity contribution in [3.05, 3.63) is 34.9 Å². The topological polar surface area (TPSA) is 29.3 Å². The highest BCUT2D eigenvalue weighted by atomic mass is 35.5. The Kier molecular flexibility index (Phi) is 4.43. The Labute approximate surface area is 109 Å². The number of likely N-dealkylation sites (tertiary alicyclic amines) is 1. The standard InChI is InChI=1S/C14H21ClN2/c1-11-6-8-17(10-11)9-7-14(16)12-2-4-13(15)5-3-12/h2-5,11,14H,6-10,16H2,1H3. The van der Waals surface area contributed by atoms with Crippen molar-refractivity contribution in [1.29, 1.82) is 0 Å². The van der Waals surface area contributed by atoms with E-state index in [0.717, 1.165) is 23.9 Å². The molecule has 1 aromatic carbocycles. The Morgan fingerprint density at radius 2 is 2.12 bits per heavy atom. The molecule has 1 heterocycles. The first-order chi connectivity index (χ1) is 8.15. The molecule has 1 aliphatic rings. The second-order valence-corrected chi connectivity index (χ2v) is 5.58. The highest BCUT2D eigenvalue weighted by molar-refractivity contribution is 6.30. The van der Waals surface area contributed by atoms with Crippen LogP contribution in [0.5, 0.6) is 0 Å². The summed E-state index contributed by atoms with van der Waals surface area (Å²) in [5, 5.41) is 0.773. The van der Waals surface area contributed by atoms with Gasteiger partial charge >= 0.3 is 0 Å². The van der Waals surface area contributed by atoms with Crippen LogP contribution in [0.15, 0.2) is 24.3 Å². The molecule has 2 N–H and O–H groups in total. The predicted molar refractivity (Wildman–Crippen MR) is 73.2 cm³/mol. The summed E-state index contributed by atoms with van der Waals surface area (Å²) in [6, 6.07) is 8.01. The van der Waals surface area contributed by atoms with Gasteiger partial charge in [0.2, 0.25) is 0 Å². The molecule has 0 aliphatic carbocycles. The maximum atomic E-state index is 6.19. The molecular weight excluding hydrogens is 232 g/mol. The van der Waals surface area contributed by atoms with Gasteiger partial charge in [-0.2, -0.15) is 0 Å². The van der Waals surface area contributed by atoms with Gasteiger partial charge in [-0.3, -0.25) is 0 Å². The summed E-state index contributed by atoms with van der Waals surface area (Å²) in [6.07, 6.45) is 2.35. The van der Waals surface area contributed by atoms with E-state index < -0.39 is 0 Å². The third-order valence-corrected chi connectivity index (χ3v) is 3.81. The quantitative estimate of drug-likeness (QED) is 0.893.